The molecule has 0 bridgehead atoms. The van der Waals surface area contributed by atoms with Crippen LogP contribution in [0, 0.1) is 0 Å². The SMILES string of the molecule is COc1ccc(N(c2ccc(-c3ccc(C(=O)O)cc3)cc2)c2ccc3ccccc3c2)cc1. The summed E-state index contributed by atoms with van der Waals surface area (Å²) in [6.07, 6.45) is 0. The van der Waals surface area contributed by atoms with Crippen molar-refractivity contribution in [3.63, 3.8) is 0 Å². The highest BCUT2D eigenvalue weighted by Gasteiger charge is 2.14. The number of carbonyl (C=O) groups is 1. The van der Waals surface area contributed by atoms with Crippen molar-refractivity contribution in [2.45, 2.75) is 0 Å². The molecule has 4 nitrogen and oxygen atoms in total. The zero-order valence-corrected chi connectivity index (χ0v) is 18.7. The third-order valence-electron chi connectivity index (χ3n) is 5.91. The average Bonchev–Trinajstić information content (AvgIpc) is 2.89. The molecule has 5 rings (SSSR count). The van der Waals surface area contributed by atoms with E-state index in [0.29, 0.717) is 0 Å². The molecule has 0 heterocycles. The molecule has 0 aliphatic carbocycles. The van der Waals surface area contributed by atoms with Crippen LogP contribution in [-0.2, 0) is 0 Å². The number of nitrogens with zero attached hydrogens (tertiary/aromatic N) is 1. The Balaban J connectivity index is 1.55. The number of carboxylic acids is 1. The zero-order valence-electron chi connectivity index (χ0n) is 18.7. The van der Waals surface area contributed by atoms with Gasteiger partial charge in [-0.3, -0.25) is 0 Å². The Morgan fingerprint density at radius 3 is 1.76 bits per heavy atom. The molecular weight excluding hydrogens is 422 g/mol. The molecule has 4 heteroatoms. The molecule has 34 heavy (non-hydrogen) atoms. The number of ether oxygens (including phenoxy) is 1. The van der Waals surface area contributed by atoms with Crippen LogP contribution in [0.2, 0.25) is 0 Å². The highest BCUT2D eigenvalue weighted by Crippen LogP contribution is 2.37. The summed E-state index contributed by atoms with van der Waals surface area (Å²) < 4.78 is 5.35. The second-order valence-electron chi connectivity index (χ2n) is 7.99. The van der Waals surface area contributed by atoms with Gasteiger partial charge in [-0.2, -0.15) is 0 Å². The molecule has 0 spiro atoms. The lowest BCUT2D eigenvalue weighted by molar-refractivity contribution is 0.0697. The van der Waals surface area contributed by atoms with Crippen molar-refractivity contribution in [2.24, 2.45) is 0 Å². The van der Waals surface area contributed by atoms with Gasteiger partial charge in [0.05, 0.1) is 12.7 Å². The Kier molecular flexibility index (Phi) is 5.71. The summed E-state index contributed by atoms with van der Waals surface area (Å²) in [5, 5.41) is 11.5. The van der Waals surface area contributed by atoms with E-state index in [2.05, 4.69) is 59.5 Å². The second kappa shape index (κ2) is 9.12. The molecule has 0 atom stereocenters. The molecule has 0 amide bonds. The Morgan fingerprint density at radius 1 is 0.647 bits per heavy atom. The van der Waals surface area contributed by atoms with Crippen molar-refractivity contribution in [1.29, 1.82) is 0 Å². The van der Waals surface area contributed by atoms with Gasteiger partial charge in [0.1, 0.15) is 5.75 Å². The predicted molar refractivity (Wildman–Crippen MR) is 138 cm³/mol. The lowest BCUT2D eigenvalue weighted by atomic mass is 10.0. The van der Waals surface area contributed by atoms with Gasteiger partial charge in [0.15, 0.2) is 0 Å². The van der Waals surface area contributed by atoms with Crippen molar-refractivity contribution in [1.82, 2.24) is 0 Å². The van der Waals surface area contributed by atoms with Crippen molar-refractivity contribution < 1.29 is 14.6 Å². The van der Waals surface area contributed by atoms with Gasteiger partial charge in [-0.05, 0) is 82.6 Å². The van der Waals surface area contributed by atoms with Crippen LogP contribution in [0.3, 0.4) is 0 Å². The summed E-state index contributed by atoms with van der Waals surface area (Å²) in [6.45, 7) is 0. The van der Waals surface area contributed by atoms with Crippen LogP contribution in [0.4, 0.5) is 17.1 Å². The average molecular weight is 446 g/mol. The van der Waals surface area contributed by atoms with Gasteiger partial charge >= 0.3 is 5.97 Å². The van der Waals surface area contributed by atoms with Gasteiger partial charge in [-0.1, -0.05) is 54.6 Å². The molecule has 0 unspecified atom stereocenters. The minimum absolute atomic E-state index is 0.280. The van der Waals surface area contributed by atoms with Crippen LogP contribution in [0.5, 0.6) is 5.75 Å². The van der Waals surface area contributed by atoms with E-state index in [0.717, 1.165) is 33.9 Å². The van der Waals surface area contributed by atoms with Crippen molar-refractivity contribution in [3.8, 4) is 16.9 Å². The van der Waals surface area contributed by atoms with Crippen molar-refractivity contribution >= 4 is 33.8 Å². The number of hydrogen-bond acceptors (Lipinski definition) is 3. The molecular formula is C30H23NO3. The summed E-state index contributed by atoms with van der Waals surface area (Å²) in [5.41, 5.74) is 5.37. The lowest BCUT2D eigenvalue weighted by Gasteiger charge is -2.26. The fraction of sp³-hybridized carbons (Fsp3) is 0.0333. The normalized spacial score (nSPS) is 10.7. The van der Waals surface area contributed by atoms with Crippen LogP contribution < -0.4 is 9.64 Å². The first-order valence-corrected chi connectivity index (χ1v) is 11.0. The van der Waals surface area contributed by atoms with Crippen molar-refractivity contribution in [2.75, 3.05) is 12.0 Å². The van der Waals surface area contributed by atoms with Gasteiger partial charge in [-0.25, -0.2) is 4.79 Å². The first-order chi connectivity index (χ1) is 16.6. The third kappa shape index (κ3) is 4.21. The molecule has 5 aromatic rings. The summed E-state index contributed by atoms with van der Waals surface area (Å²) in [6, 6.07) is 38.0. The highest BCUT2D eigenvalue weighted by atomic mass is 16.5. The van der Waals surface area contributed by atoms with Crippen LogP contribution in [0.25, 0.3) is 21.9 Å². The van der Waals surface area contributed by atoms with Gasteiger partial charge in [-0.15, -0.1) is 0 Å². The largest absolute Gasteiger partial charge is 0.497 e. The number of methoxy groups -OCH3 is 1. The Bertz CT molecular complexity index is 1440. The maximum atomic E-state index is 11.1. The van der Waals surface area contributed by atoms with E-state index < -0.39 is 5.97 Å². The number of hydrogen-bond donors (Lipinski definition) is 1. The third-order valence-corrected chi connectivity index (χ3v) is 5.91. The van der Waals surface area contributed by atoms with Crippen molar-refractivity contribution in [3.05, 3.63) is 121 Å². The molecule has 0 saturated carbocycles. The molecule has 0 radical (unpaired) electrons. The van der Waals surface area contributed by atoms with E-state index >= 15 is 0 Å². The minimum atomic E-state index is -0.924. The maximum absolute atomic E-state index is 11.1. The number of anilines is 3. The summed E-state index contributed by atoms with van der Waals surface area (Å²) in [5.74, 6) is -0.116. The number of benzene rings is 5. The van der Waals surface area contributed by atoms with Crippen LogP contribution >= 0.6 is 0 Å². The van der Waals surface area contributed by atoms with E-state index in [9.17, 15) is 4.79 Å². The smallest absolute Gasteiger partial charge is 0.335 e. The molecule has 0 aliphatic rings. The summed E-state index contributed by atoms with van der Waals surface area (Å²) >= 11 is 0. The molecule has 0 saturated heterocycles. The fourth-order valence-corrected chi connectivity index (χ4v) is 4.10. The number of fused-ring (bicyclic) bond motifs is 1. The molecule has 166 valence electrons. The van der Waals surface area contributed by atoms with E-state index in [1.165, 1.54) is 10.8 Å². The second-order valence-corrected chi connectivity index (χ2v) is 7.99. The molecule has 1 N–H and O–H groups in total. The highest BCUT2D eigenvalue weighted by molar-refractivity contribution is 5.90. The predicted octanol–water partition coefficient (Wildman–Crippen LogP) is 7.68. The molecule has 0 aromatic heterocycles. The van der Waals surface area contributed by atoms with E-state index in [4.69, 9.17) is 9.84 Å². The van der Waals surface area contributed by atoms with E-state index in [-0.39, 0.29) is 5.56 Å². The number of aromatic carboxylic acids is 1. The first kappa shape index (κ1) is 21.3. The van der Waals surface area contributed by atoms with Crippen LogP contribution in [-0.4, -0.2) is 18.2 Å². The maximum Gasteiger partial charge on any atom is 0.335 e. The minimum Gasteiger partial charge on any atom is -0.497 e. The Morgan fingerprint density at radius 2 is 1.18 bits per heavy atom. The topological polar surface area (TPSA) is 49.8 Å². The van der Waals surface area contributed by atoms with Crippen LogP contribution in [0.15, 0.2) is 115 Å². The van der Waals surface area contributed by atoms with Gasteiger partial charge in [0.25, 0.3) is 0 Å². The monoisotopic (exact) mass is 445 g/mol. The summed E-state index contributed by atoms with van der Waals surface area (Å²) in [4.78, 5) is 13.4. The first-order valence-electron chi connectivity index (χ1n) is 11.0. The standard InChI is InChI=1S/C30H23NO3/c1-34-29-18-16-27(17-19-29)31(28-15-12-21-4-2-3-5-25(21)20-28)26-13-10-23(11-14-26)22-6-8-24(9-7-22)30(32)33/h2-20H,1H3,(H,32,33). The number of carboxylic acid groups (broad SMARTS) is 1. The Hall–Kier alpha value is -4.57. The molecule has 0 fully saturated rings. The van der Waals surface area contributed by atoms with E-state index in [1.807, 2.05) is 48.5 Å². The Labute approximate surface area is 198 Å². The lowest BCUT2D eigenvalue weighted by Crippen LogP contribution is -2.09. The molecule has 0 aliphatic heterocycles. The van der Waals surface area contributed by atoms with Gasteiger partial charge in [0.2, 0.25) is 0 Å². The van der Waals surface area contributed by atoms with Gasteiger partial charge < -0.3 is 14.7 Å². The quantitative estimate of drug-likeness (QED) is 0.291. The van der Waals surface area contributed by atoms with Gasteiger partial charge in [0, 0.05) is 17.1 Å². The summed E-state index contributed by atoms with van der Waals surface area (Å²) in [7, 11) is 1.66. The zero-order chi connectivity index (χ0) is 23.5. The van der Waals surface area contributed by atoms with Crippen LogP contribution in [0.1, 0.15) is 10.4 Å². The fourth-order valence-electron chi connectivity index (χ4n) is 4.10. The van der Waals surface area contributed by atoms with E-state index in [1.54, 1.807) is 19.2 Å². The molecule has 5 aromatic carbocycles. The number of rotatable bonds is 6.